The van der Waals surface area contributed by atoms with Gasteiger partial charge in [-0.3, -0.25) is 4.79 Å². The Bertz CT molecular complexity index is 1120. The molecule has 188 valence electrons. The van der Waals surface area contributed by atoms with Crippen LogP contribution in [0.3, 0.4) is 0 Å². The van der Waals surface area contributed by atoms with Crippen LogP contribution in [-0.4, -0.2) is 49.1 Å². The molecule has 2 aliphatic rings. The van der Waals surface area contributed by atoms with E-state index < -0.39 is 17.5 Å². The Labute approximate surface area is 219 Å². The Kier molecular flexibility index (Phi) is 8.39. The van der Waals surface area contributed by atoms with Crippen molar-refractivity contribution in [2.24, 2.45) is 5.92 Å². The maximum atomic E-state index is 13.4. The van der Waals surface area contributed by atoms with Gasteiger partial charge in [-0.05, 0) is 44.9 Å². The zero-order valence-electron chi connectivity index (χ0n) is 20.8. The number of thioether (sulfide) groups is 2. The minimum Gasteiger partial charge on any atom is -0.494 e. The first-order chi connectivity index (χ1) is 16.5. The predicted octanol–water partition coefficient (Wildman–Crippen LogP) is 5.33. The van der Waals surface area contributed by atoms with Gasteiger partial charge < -0.3 is 19.1 Å². The van der Waals surface area contributed by atoms with Crippen molar-refractivity contribution in [3.63, 3.8) is 0 Å². The number of thiocarbonyl (C=S) groups is 1. The van der Waals surface area contributed by atoms with E-state index in [0.29, 0.717) is 44.7 Å². The standard InChI is InChI=1S/C25H29NO6S3/c1-8-32-14-9-10-16-15(12-14)18(21(33)25(4,5)26(16)17(27)11-13(2)3)24-34-19(22(28)30-6)20(35-24)23(29)31-7/h9-10,12-13H,8,11H2,1-7H3. The fraction of sp³-hybridized carbons (Fsp3) is 0.440. The normalized spacial score (nSPS) is 17.0. The van der Waals surface area contributed by atoms with Crippen molar-refractivity contribution in [1.82, 2.24) is 0 Å². The minimum atomic E-state index is -0.829. The van der Waals surface area contributed by atoms with Crippen LogP contribution in [0.5, 0.6) is 5.75 Å². The van der Waals surface area contributed by atoms with Crippen molar-refractivity contribution in [2.75, 3.05) is 25.7 Å². The molecule has 2 heterocycles. The number of anilines is 1. The zero-order chi connectivity index (χ0) is 26.1. The summed E-state index contributed by atoms with van der Waals surface area (Å²) in [6.07, 6.45) is 0.370. The maximum absolute atomic E-state index is 13.4. The van der Waals surface area contributed by atoms with E-state index in [1.807, 2.05) is 52.8 Å². The van der Waals surface area contributed by atoms with Gasteiger partial charge in [0.15, 0.2) is 0 Å². The highest BCUT2D eigenvalue weighted by Crippen LogP contribution is 2.56. The molecule has 1 aromatic rings. The molecule has 2 aliphatic heterocycles. The van der Waals surface area contributed by atoms with E-state index in [1.54, 1.807) is 4.90 Å². The summed E-state index contributed by atoms with van der Waals surface area (Å²) in [4.78, 5) is 40.9. The molecule has 0 saturated heterocycles. The van der Waals surface area contributed by atoms with E-state index in [-0.39, 0.29) is 21.6 Å². The molecule has 0 saturated carbocycles. The molecular weight excluding hydrogens is 506 g/mol. The molecule has 3 rings (SSSR count). The molecule has 0 atom stereocenters. The molecule has 0 spiro atoms. The lowest BCUT2D eigenvalue weighted by molar-refractivity contribution is -0.138. The lowest BCUT2D eigenvalue weighted by Gasteiger charge is -2.45. The second-order valence-corrected chi connectivity index (χ2v) is 11.5. The van der Waals surface area contributed by atoms with Gasteiger partial charge in [0, 0.05) is 17.6 Å². The average Bonchev–Trinajstić information content (AvgIpc) is 3.23. The van der Waals surface area contributed by atoms with Crippen LogP contribution in [0, 0.1) is 5.92 Å². The number of ether oxygens (including phenoxy) is 3. The third-order valence-corrected chi connectivity index (χ3v) is 8.77. The number of amides is 1. The molecule has 1 aromatic carbocycles. The molecule has 1 amide bonds. The molecule has 7 nitrogen and oxygen atoms in total. The fourth-order valence-electron chi connectivity index (χ4n) is 3.94. The Balaban J connectivity index is 2.26. The highest BCUT2D eigenvalue weighted by molar-refractivity contribution is 8.29. The topological polar surface area (TPSA) is 82.1 Å². The van der Waals surface area contributed by atoms with E-state index in [2.05, 4.69) is 0 Å². The maximum Gasteiger partial charge on any atom is 0.346 e. The number of nitrogens with zero attached hydrogens (tertiary/aromatic N) is 1. The first-order valence-electron chi connectivity index (χ1n) is 11.1. The van der Waals surface area contributed by atoms with E-state index in [0.717, 1.165) is 23.5 Å². The van der Waals surface area contributed by atoms with E-state index in [1.165, 1.54) is 14.2 Å². The number of esters is 2. The number of hydrogen-bond acceptors (Lipinski definition) is 9. The fourth-order valence-corrected chi connectivity index (χ4v) is 6.98. The number of hydrogen-bond donors (Lipinski definition) is 0. The molecule has 0 bridgehead atoms. The lowest BCUT2D eigenvalue weighted by atomic mass is 9.82. The summed E-state index contributed by atoms with van der Waals surface area (Å²) in [6.45, 7) is 10.2. The van der Waals surface area contributed by atoms with Gasteiger partial charge in [-0.25, -0.2) is 9.59 Å². The molecule has 0 unspecified atom stereocenters. The second kappa shape index (κ2) is 10.8. The van der Waals surface area contributed by atoms with Crippen molar-refractivity contribution in [2.45, 2.75) is 46.6 Å². The number of fused-ring (bicyclic) bond motifs is 1. The van der Waals surface area contributed by atoms with Gasteiger partial charge in [0.1, 0.15) is 15.6 Å². The Hall–Kier alpha value is -2.30. The predicted molar refractivity (Wildman–Crippen MR) is 144 cm³/mol. The van der Waals surface area contributed by atoms with Gasteiger partial charge >= 0.3 is 11.9 Å². The summed E-state index contributed by atoms with van der Waals surface area (Å²) in [6, 6.07) is 5.55. The van der Waals surface area contributed by atoms with Crippen LogP contribution in [0.4, 0.5) is 5.69 Å². The number of methoxy groups -OCH3 is 2. The third kappa shape index (κ3) is 5.15. The Morgan fingerprint density at radius 1 is 1.06 bits per heavy atom. The summed E-state index contributed by atoms with van der Waals surface area (Å²) in [5.41, 5.74) is 1.27. The number of rotatable bonds is 6. The van der Waals surface area contributed by atoms with Gasteiger partial charge in [-0.2, -0.15) is 0 Å². The average molecular weight is 536 g/mol. The molecule has 0 radical (unpaired) electrons. The third-order valence-electron chi connectivity index (χ3n) is 5.50. The quantitative estimate of drug-likeness (QED) is 0.273. The molecule has 0 aromatic heterocycles. The smallest absolute Gasteiger partial charge is 0.346 e. The van der Waals surface area contributed by atoms with Gasteiger partial charge in [-0.1, -0.05) is 49.6 Å². The Morgan fingerprint density at radius 3 is 2.11 bits per heavy atom. The zero-order valence-corrected chi connectivity index (χ0v) is 23.3. The number of carbonyl (C=O) groups is 3. The van der Waals surface area contributed by atoms with Crippen molar-refractivity contribution >= 4 is 69.7 Å². The van der Waals surface area contributed by atoms with E-state index in [4.69, 9.17) is 26.4 Å². The van der Waals surface area contributed by atoms with Crippen molar-refractivity contribution in [3.05, 3.63) is 37.8 Å². The van der Waals surface area contributed by atoms with Crippen molar-refractivity contribution < 1.29 is 28.6 Å². The summed E-state index contributed by atoms with van der Waals surface area (Å²) in [7, 11) is 2.52. The molecule has 0 N–H and O–H groups in total. The van der Waals surface area contributed by atoms with Crippen LogP contribution in [0.25, 0.3) is 5.57 Å². The summed E-state index contributed by atoms with van der Waals surface area (Å²) < 4.78 is 16.2. The lowest BCUT2D eigenvalue weighted by Crippen LogP contribution is -2.56. The summed E-state index contributed by atoms with van der Waals surface area (Å²) >= 11 is 8.24. The molecule has 0 aliphatic carbocycles. The van der Waals surface area contributed by atoms with Gasteiger partial charge in [0.05, 0.1) is 41.2 Å². The number of carbonyl (C=O) groups excluding carboxylic acids is 3. The molecule has 10 heteroatoms. The van der Waals surface area contributed by atoms with Crippen LogP contribution in [-0.2, 0) is 23.9 Å². The molecular formula is C25H29NO6S3. The molecule has 35 heavy (non-hydrogen) atoms. The first-order valence-corrected chi connectivity index (χ1v) is 13.2. The first kappa shape index (κ1) is 27.3. The van der Waals surface area contributed by atoms with Crippen molar-refractivity contribution in [1.29, 1.82) is 0 Å². The van der Waals surface area contributed by atoms with Gasteiger partial charge in [0.2, 0.25) is 5.91 Å². The summed E-state index contributed by atoms with van der Waals surface area (Å²) in [5, 5.41) is 0. The van der Waals surface area contributed by atoms with E-state index in [9.17, 15) is 14.4 Å². The SMILES string of the molecule is CCOc1ccc2c(c1)C(=C1SC(C(=O)OC)=C(C(=O)OC)S1)C(=S)C(C)(C)N2C(=O)CC(C)C. The monoisotopic (exact) mass is 535 g/mol. The van der Waals surface area contributed by atoms with Crippen LogP contribution < -0.4 is 9.64 Å². The van der Waals surface area contributed by atoms with Gasteiger partial charge in [0.25, 0.3) is 0 Å². The van der Waals surface area contributed by atoms with Crippen LogP contribution in [0.1, 0.15) is 46.6 Å². The molecule has 0 fully saturated rings. The highest BCUT2D eigenvalue weighted by Gasteiger charge is 2.46. The summed E-state index contributed by atoms with van der Waals surface area (Å²) in [5.74, 6) is -0.483. The van der Waals surface area contributed by atoms with Crippen LogP contribution >= 0.6 is 35.7 Å². The van der Waals surface area contributed by atoms with Crippen molar-refractivity contribution in [3.8, 4) is 5.75 Å². The van der Waals surface area contributed by atoms with E-state index >= 15 is 0 Å². The highest BCUT2D eigenvalue weighted by atomic mass is 32.2. The minimum absolute atomic E-state index is 0.0304. The largest absolute Gasteiger partial charge is 0.494 e. The second-order valence-electron chi connectivity index (χ2n) is 8.84. The number of benzene rings is 1. The van der Waals surface area contributed by atoms with Crippen LogP contribution in [0.2, 0.25) is 0 Å². The van der Waals surface area contributed by atoms with Crippen LogP contribution in [0.15, 0.2) is 32.2 Å². The van der Waals surface area contributed by atoms with Gasteiger partial charge in [-0.15, -0.1) is 0 Å². The Morgan fingerprint density at radius 2 is 1.63 bits per heavy atom.